The summed E-state index contributed by atoms with van der Waals surface area (Å²) in [5.74, 6) is 0. The van der Waals surface area contributed by atoms with E-state index >= 15 is 0 Å². The van der Waals surface area contributed by atoms with Crippen LogP contribution in [0.25, 0.3) is 0 Å². The molecule has 0 aromatic carbocycles. The van der Waals surface area contributed by atoms with Crippen molar-refractivity contribution in [1.29, 1.82) is 0 Å². The maximum absolute atomic E-state index is 11.5. The molecule has 0 radical (unpaired) electrons. The van der Waals surface area contributed by atoms with E-state index in [-0.39, 0.29) is 5.41 Å². The summed E-state index contributed by atoms with van der Waals surface area (Å²) in [6.07, 6.45) is 5.34. The average Bonchev–Trinajstić information content (AvgIpc) is 2.34. The number of carbonyl (C=O) groups excluding carboxylic acids is 1. The predicted octanol–water partition coefficient (Wildman–Crippen LogP) is 5.81. The summed E-state index contributed by atoms with van der Waals surface area (Å²) in [6.45, 7) is 16.4. The van der Waals surface area contributed by atoms with Crippen LogP contribution in [0.1, 0.15) is 68.2 Å². The van der Waals surface area contributed by atoms with Crippen LogP contribution in [0, 0.1) is 5.41 Å². The lowest BCUT2D eigenvalue weighted by atomic mass is 9.81. The summed E-state index contributed by atoms with van der Waals surface area (Å²) in [6, 6.07) is 0. The normalized spacial score (nSPS) is 12.0. The van der Waals surface area contributed by atoms with Crippen LogP contribution >= 0.6 is 0 Å². The topological polar surface area (TPSA) is 35.5 Å². The molecular formula is C19H32O3. The third kappa shape index (κ3) is 9.46. The van der Waals surface area contributed by atoms with Gasteiger partial charge in [0.1, 0.15) is 5.60 Å². The van der Waals surface area contributed by atoms with Gasteiger partial charge in [-0.05, 0) is 64.0 Å². The van der Waals surface area contributed by atoms with Gasteiger partial charge in [0.25, 0.3) is 0 Å². The van der Waals surface area contributed by atoms with E-state index in [9.17, 15) is 4.79 Å². The van der Waals surface area contributed by atoms with Crippen LogP contribution in [0.4, 0.5) is 4.79 Å². The zero-order valence-electron chi connectivity index (χ0n) is 15.5. The fourth-order valence-electron chi connectivity index (χ4n) is 2.38. The monoisotopic (exact) mass is 308 g/mol. The van der Waals surface area contributed by atoms with E-state index in [0.717, 1.165) is 12.0 Å². The van der Waals surface area contributed by atoms with Crippen molar-refractivity contribution in [2.24, 2.45) is 5.41 Å². The lowest BCUT2D eigenvalue weighted by Crippen LogP contribution is -2.33. The summed E-state index contributed by atoms with van der Waals surface area (Å²) in [4.78, 5) is 11.5. The fraction of sp³-hybridized carbons (Fsp3) is 0.684. The van der Waals surface area contributed by atoms with Crippen LogP contribution in [0.3, 0.4) is 0 Å². The zero-order chi connectivity index (χ0) is 17.4. The maximum atomic E-state index is 11.5. The first-order valence-corrected chi connectivity index (χ1v) is 7.99. The van der Waals surface area contributed by atoms with Gasteiger partial charge < -0.3 is 9.47 Å². The molecule has 0 aliphatic heterocycles. The van der Waals surface area contributed by atoms with Gasteiger partial charge in [0.2, 0.25) is 0 Å². The van der Waals surface area contributed by atoms with Crippen LogP contribution in [0.2, 0.25) is 0 Å². The van der Waals surface area contributed by atoms with E-state index in [1.807, 2.05) is 20.8 Å². The Hall–Kier alpha value is -1.47. The molecule has 0 aliphatic rings. The number of rotatable bonds is 7. The molecule has 0 saturated heterocycles. The van der Waals surface area contributed by atoms with Crippen LogP contribution in [0.5, 0.6) is 0 Å². The van der Waals surface area contributed by atoms with Crippen LogP contribution in [0.15, 0.2) is 29.0 Å². The van der Waals surface area contributed by atoms with Crippen LogP contribution < -0.4 is 0 Å². The molecule has 0 unspecified atom stereocenters. The van der Waals surface area contributed by atoms with Gasteiger partial charge in [0.15, 0.2) is 0 Å². The van der Waals surface area contributed by atoms with E-state index in [2.05, 4.69) is 45.6 Å². The molecule has 3 nitrogen and oxygen atoms in total. The van der Waals surface area contributed by atoms with Crippen molar-refractivity contribution in [2.45, 2.75) is 73.8 Å². The van der Waals surface area contributed by atoms with Gasteiger partial charge in [-0.15, -0.1) is 5.73 Å². The van der Waals surface area contributed by atoms with Gasteiger partial charge in [-0.3, -0.25) is 0 Å². The number of hydrogen-bond donors (Lipinski definition) is 0. The Labute approximate surface area is 136 Å². The highest BCUT2D eigenvalue weighted by Gasteiger charge is 2.30. The van der Waals surface area contributed by atoms with Crippen molar-refractivity contribution in [2.75, 3.05) is 6.61 Å². The summed E-state index contributed by atoms with van der Waals surface area (Å²) >= 11 is 0. The van der Waals surface area contributed by atoms with Gasteiger partial charge in [-0.2, -0.15) is 0 Å². The van der Waals surface area contributed by atoms with Crippen LogP contribution in [-0.2, 0) is 9.47 Å². The largest absolute Gasteiger partial charge is 0.508 e. The van der Waals surface area contributed by atoms with Crippen LogP contribution in [-0.4, -0.2) is 18.4 Å². The minimum atomic E-state index is -0.607. The van der Waals surface area contributed by atoms with Gasteiger partial charge in [0, 0.05) is 0 Å². The van der Waals surface area contributed by atoms with Crippen molar-refractivity contribution < 1.29 is 14.3 Å². The van der Waals surface area contributed by atoms with Gasteiger partial charge in [-0.1, -0.05) is 32.9 Å². The molecule has 0 amide bonds. The molecule has 0 heterocycles. The standard InChI is InChI=1S/C19H32O3/c1-9-15(3)13-16(4)11-12-18(5,6)14-19(7,8)22-17(20)21-10-2/h11-12H,9-10,14H2,1-8H3/b12-11-. The second-order valence-corrected chi connectivity index (χ2v) is 6.99. The smallest absolute Gasteiger partial charge is 0.435 e. The van der Waals surface area contributed by atoms with E-state index in [4.69, 9.17) is 9.47 Å². The fourth-order valence-corrected chi connectivity index (χ4v) is 2.38. The van der Waals surface area contributed by atoms with E-state index < -0.39 is 11.8 Å². The molecule has 0 saturated carbocycles. The predicted molar refractivity (Wildman–Crippen MR) is 91.9 cm³/mol. The molecule has 0 spiro atoms. The van der Waals surface area contributed by atoms with E-state index in [1.54, 1.807) is 6.92 Å². The highest BCUT2D eigenvalue weighted by molar-refractivity contribution is 5.60. The molecule has 3 heteroatoms. The van der Waals surface area contributed by atoms with Crippen molar-refractivity contribution in [3.05, 3.63) is 29.0 Å². The first kappa shape index (κ1) is 20.5. The Bertz CT molecular complexity index is 461. The van der Waals surface area contributed by atoms with Gasteiger partial charge in [-0.25, -0.2) is 4.79 Å². The molecule has 126 valence electrons. The summed E-state index contributed by atoms with van der Waals surface area (Å²) in [5.41, 5.74) is 5.03. The molecule has 0 aliphatic carbocycles. The lowest BCUT2D eigenvalue weighted by molar-refractivity contribution is -0.0298. The van der Waals surface area contributed by atoms with Gasteiger partial charge >= 0.3 is 6.16 Å². The molecule has 22 heavy (non-hydrogen) atoms. The average molecular weight is 308 g/mol. The number of carbonyl (C=O) groups is 1. The molecule has 0 atom stereocenters. The first-order chi connectivity index (χ1) is 10.0. The Morgan fingerprint density at radius 3 is 2.23 bits per heavy atom. The Kier molecular flexibility index (Phi) is 8.26. The molecule has 0 N–H and O–H groups in total. The molecule has 0 aromatic heterocycles. The summed E-state index contributed by atoms with van der Waals surface area (Å²) in [7, 11) is 0. The second-order valence-electron chi connectivity index (χ2n) is 6.99. The number of allylic oxidation sites excluding steroid dienone is 3. The lowest BCUT2D eigenvalue weighted by Gasteiger charge is -2.32. The molecule has 0 rings (SSSR count). The Morgan fingerprint density at radius 1 is 1.14 bits per heavy atom. The Morgan fingerprint density at radius 2 is 1.73 bits per heavy atom. The molecule has 0 fully saturated rings. The molecule has 0 bridgehead atoms. The first-order valence-electron chi connectivity index (χ1n) is 7.99. The second kappa shape index (κ2) is 8.85. The summed E-state index contributed by atoms with van der Waals surface area (Å²) in [5, 5.41) is 0. The molecule has 0 aromatic rings. The van der Waals surface area contributed by atoms with Crippen molar-refractivity contribution in [3.8, 4) is 0 Å². The Balaban J connectivity index is 4.88. The van der Waals surface area contributed by atoms with Gasteiger partial charge in [0.05, 0.1) is 6.61 Å². The number of hydrogen-bond acceptors (Lipinski definition) is 3. The highest BCUT2D eigenvalue weighted by Crippen LogP contribution is 2.32. The van der Waals surface area contributed by atoms with Crippen molar-refractivity contribution in [1.82, 2.24) is 0 Å². The van der Waals surface area contributed by atoms with Crippen molar-refractivity contribution >= 4 is 6.16 Å². The van der Waals surface area contributed by atoms with E-state index in [1.165, 1.54) is 5.57 Å². The quantitative estimate of drug-likeness (QED) is 0.338. The minimum absolute atomic E-state index is 0.0982. The third-order valence-corrected chi connectivity index (χ3v) is 3.23. The third-order valence-electron chi connectivity index (χ3n) is 3.23. The van der Waals surface area contributed by atoms with E-state index in [0.29, 0.717) is 13.0 Å². The summed E-state index contributed by atoms with van der Waals surface area (Å²) < 4.78 is 10.2. The maximum Gasteiger partial charge on any atom is 0.508 e. The SMILES string of the molecule is CCOC(=O)OC(C)(C)CC(C)(C)/C=C\C(C)=C=C(C)CC. The molecular weight excluding hydrogens is 276 g/mol. The van der Waals surface area contributed by atoms with Crippen molar-refractivity contribution in [3.63, 3.8) is 0 Å². The minimum Gasteiger partial charge on any atom is -0.435 e. The zero-order valence-corrected chi connectivity index (χ0v) is 15.5. The highest BCUT2D eigenvalue weighted by atomic mass is 16.7. The number of ether oxygens (including phenoxy) is 2.